The molecule has 2 heteroatoms. The molecule has 0 saturated carbocycles. The quantitative estimate of drug-likeness (QED) is 0.438. The molecule has 0 heterocycles. The van der Waals surface area contributed by atoms with E-state index in [9.17, 15) is 0 Å². The Bertz CT molecular complexity index is 79.0. The van der Waals surface area contributed by atoms with Gasteiger partial charge in [0.25, 0.3) is 0 Å². The van der Waals surface area contributed by atoms with Crippen LogP contribution in [0.4, 0.5) is 0 Å². The Morgan fingerprint density at radius 2 is 1.89 bits per heavy atom. The minimum atomic E-state index is 0.551. The Kier molecular flexibility index (Phi) is 3.15. The zero-order chi connectivity index (χ0) is 7.49. The third-order valence-corrected chi connectivity index (χ3v) is 2.28. The monoisotopic (exact) mass is 131 g/mol. The van der Waals surface area contributed by atoms with Crippen molar-refractivity contribution in [3.05, 3.63) is 0 Å². The van der Waals surface area contributed by atoms with Gasteiger partial charge in [0.15, 0.2) is 0 Å². The normalized spacial score (nSPS) is 15.7. The van der Waals surface area contributed by atoms with Crippen molar-refractivity contribution < 1.29 is 4.48 Å². The minimum absolute atomic E-state index is 0.551. The molecule has 0 aromatic carbocycles. The Morgan fingerprint density at radius 1 is 1.44 bits per heavy atom. The van der Waals surface area contributed by atoms with Crippen molar-refractivity contribution in [2.75, 3.05) is 27.7 Å². The molecule has 0 aliphatic rings. The number of quaternary nitrogens is 1. The molecule has 1 atom stereocenters. The number of rotatable bonds is 3. The second kappa shape index (κ2) is 3.18. The highest BCUT2D eigenvalue weighted by Crippen LogP contribution is 2.00. The van der Waals surface area contributed by atoms with Crippen molar-refractivity contribution in [3.8, 4) is 0 Å². The second-order valence-corrected chi connectivity index (χ2v) is 3.06. The number of hydrogen-bond donors (Lipinski definition) is 1. The van der Waals surface area contributed by atoms with Gasteiger partial charge in [0.1, 0.15) is 6.17 Å². The molecule has 1 unspecified atom stereocenters. The number of hydrogen-bond acceptors (Lipinski definition) is 1. The minimum Gasteiger partial charge on any atom is -0.314 e. The van der Waals surface area contributed by atoms with Crippen LogP contribution in [0.15, 0.2) is 0 Å². The van der Waals surface area contributed by atoms with Crippen LogP contribution < -0.4 is 5.32 Å². The van der Waals surface area contributed by atoms with Crippen LogP contribution in [0.5, 0.6) is 0 Å². The molecule has 0 aromatic rings. The summed E-state index contributed by atoms with van der Waals surface area (Å²) in [5.41, 5.74) is 0. The lowest BCUT2D eigenvalue weighted by molar-refractivity contribution is -0.914. The van der Waals surface area contributed by atoms with Gasteiger partial charge in [-0.3, -0.25) is 5.32 Å². The molecule has 2 nitrogen and oxygen atoms in total. The summed E-state index contributed by atoms with van der Waals surface area (Å²) < 4.78 is 1.04. The predicted octanol–water partition coefficient (Wildman–Crippen LogP) is 0.648. The van der Waals surface area contributed by atoms with Gasteiger partial charge in [0.05, 0.1) is 20.6 Å². The average Bonchev–Trinajstić information content (AvgIpc) is 1.86. The molecule has 9 heavy (non-hydrogen) atoms. The second-order valence-electron chi connectivity index (χ2n) is 3.06. The first-order valence-corrected chi connectivity index (χ1v) is 3.54. The maximum Gasteiger partial charge on any atom is 0.139 e. The standard InChI is InChI=1S/C7H19N2/c1-6-9(4,5)7(2)8-3/h7-8H,6H2,1-5H3/q+1. The van der Waals surface area contributed by atoms with Gasteiger partial charge in [-0.2, -0.15) is 0 Å². The van der Waals surface area contributed by atoms with Crippen molar-refractivity contribution in [2.45, 2.75) is 20.0 Å². The van der Waals surface area contributed by atoms with E-state index in [-0.39, 0.29) is 0 Å². The molecule has 0 amide bonds. The first kappa shape index (κ1) is 8.92. The molecule has 0 radical (unpaired) electrons. The van der Waals surface area contributed by atoms with Crippen molar-refractivity contribution in [3.63, 3.8) is 0 Å². The largest absolute Gasteiger partial charge is 0.314 e. The molecule has 0 bridgehead atoms. The van der Waals surface area contributed by atoms with Gasteiger partial charge < -0.3 is 4.48 Å². The topological polar surface area (TPSA) is 12.0 Å². The molecular weight excluding hydrogens is 112 g/mol. The molecule has 0 saturated heterocycles. The fraction of sp³-hybridized carbons (Fsp3) is 1.00. The number of nitrogens with one attached hydrogen (secondary N) is 1. The van der Waals surface area contributed by atoms with E-state index in [1.807, 2.05) is 7.05 Å². The molecule has 0 aliphatic carbocycles. The summed E-state index contributed by atoms with van der Waals surface area (Å²) in [5, 5.41) is 3.23. The van der Waals surface area contributed by atoms with Crippen molar-refractivity contribution in [1.82, 2.24) is 5.32 Å². The average molecular weight is 131 g/mol. The van der Waals surface area contributed by atoms with Gasteiger partial charge in [0, 0.05) is 6.92 Å². The van der Waals surface area contributed by atoms with Gasteiger partial charge in [0.2, 0.25) is 0 Å². The predicted molar refractivity (Wildman–Crippen MR) is 41.2 cm³/mol. The van der Waals surface area contributed by atoms with E-state index >= 15 is 0 Å². The van der Waals surface area contributed by atoms with Crippen LogP contribution in [0, 0.1) is 0 Å². The van der Waals surface area contributed by atoms with Crippen LogP contribution in [0.1, 0.15) is 13.8 Å². The van der Waals surface area contributed by atoms with Gasteiger partial charge in [-0.15, -0.1) is 0 Å². The molecule has 56 valence electrons. The summed E-state index contributed by atoms with van der Waals surface area (Å²) in [4.78, 5) is 0. The first-order chi connectivity index (χ1) is 4.04. The van der Waals surface area contributed by atoms with Crippen LogP contribution in [-0.4, -0.2) is 38.3 Å². The molecule has 0 aliphatic heterocycles. The van der Waals surface area contributed by atoms with Gasteiger partial charge in [-0.05, 0) is 14.0 Å². The highest BCUT2D eigenvalue weighted by molar-refractivity contribution is 4.39. The third-order valence-electron chi connectivity index (χ3n) is 2.28. The smallest absolute Gasteiger partial charge is 0.139 e. The molecule has 0 aromatic heterocycles. The van der Waals surface area contributed by atoms with E-state index in [1.165, 1.54) is 6.54 Å². The lowest BCUT2D eigenvalue weighted by Gasteiger charge is -2.34. The molecule has 0 fully saturated rings. The van der Waals surface area contributed by atoms with Crippen LogP contribution in [0.3, 0.4) is 0 Å². The molecule has 0 rings (SSSR count). The SMILES string of the molecule is CC[N+](C)(C)C(C)NC. The molecule has 0 spiro atoms. The molecular formula is C7H19N2+. The van der Waals surface area contributed by atoms with Crippen molar-refractivity contribution >= 4 is 0 Å². The Morgan fingerprint density at radius 3 is 2.00 bits per heavy atom. The van der Waals surface area contributed by atoms with Crippen LogP contribution >= 0.6 is 0 Å². The Labute approximate surface area is 58.4 Å². The summed E-state index contributed by atoms with van der Waals surface area (Å²) in [5.74, 6) is 0. The summed E-state index contributed by atoms with van der Waals surface area (Å²) in [6, 6.07) is 0. The Hall–Kier alpha value is -0.0800. The number of nitrogens with zero attached hydrogens (tertiary/aromatic N) is 1. The van der Waals surface area contributed by atoms with Crippen molar-refractivity contribution in [2.24, 2.45) is 0 Å². The van der Waals surface area contributed by atoms with Crippen LogP contribution in [0.25, 0.3) is 0 Å². The maximum atomic E-state index is 3.23. The summed E-state index contributed by atoms with van der Waals surface area (Å²) >= 11 is 0. The fourth-order valence-electron chi connectivity index (χ4n) is 0.623. The van der Waals surface area contributed by atoms with E-state index in [0.29, 0.717) is 6.17 Å². The molecule has 1 N–H and O–H groups in total. The van der Waals surface area contributed by atoms with Crippen molar-refractivity contribution in [1.29, 1.82) is 0 Å². The fourth-order valence-corrected chi connectivity index (χ4v) is 0.623. The van der Waals surface area contributed by atoms with E-state index in [2.05, 4.69) is 33.3 Å². The van der Waals surface area contributed by atoms with E-state index in [0.717, 1.165) is 4.48 Å². The Balaban J connectivity index is 3.80. The van der Waals surface area contributed by atoms with E-state index < -0.39 is 0 Å². The van der Waals surface area contributed by atoms with Gasteiger partial charge in [-0.25, -0.2) is 0 Å². The summed E-state index contributed by atoms with van der Waals surface area (Å²) in [6.07, 6.45) is 0.551. The summed E-state index contributed by atoms with van der Waals surface area (Å²) in [6.45, 7) is 5.57. The summed E-state index contributed by atoms with van der Waals surface area (Å²) in [7, 11) is 6.45. The van der Waals surface area contributed by atoms with E-state index in [1.54, 1.807) is 0 Å². The lowest BCUT2D eigenvalue weighted by atomic mass is 10.4. The van der Waals surface area contributed by atoms with Crippen LogP contribution in [0.2, 0.25) is 0 Å². The zero-order valence-electron chi connectivity index (χ0n) is 7.23. The maximum absolute atomic E-state index is 3.23. The van der Waals surface area contributed by atoms with E-state index in [4.69, 9.17) is 0 Å². The van der Waals surface area contributed by atoms with Gasteiger partial charge >= 0.3 is 0 Å². The van der Waals surface area contributed by atoms with Crippen LogP contribution in [-0.2, 0) is 0 Å². The third kappa shape index (κ3) is 2.33. The lowest BCUT2D eigenvalue weighted by Crippen LogP contribution is -2.53. The highest BCUT2D eigenvalue weighted by atomic mass is 15.4. The first-order valence-electron chi connectivity index (χ1n) is 3.54. The van der Waals surface area contributed by atoms with Gasteiger partial charge in [-0.1, -0.05) is 0 Å². The zero-order valence-corrected chi connectivity index (χ0v) is 7.23. The highest BCUT2D eigenvalue weighted by Gasteiger charge is 2.18.